The molecule has 2 N–H and O–H groups in total. The summed E-state index contributed by atoms with van der Waals surface area (Å²) in [5, 5.41) is 0. The Morgan fingerprint density at radius 1 is 1.35 bits per heavy atom. The van der Waals surface area contributed by atoms with Gasteiger partial charge in [0.25, 0.3) is 0 Å². The standard InChI is InChI=1S/C12H12BrN3O/c1-8-2-3-9(13)4-11(8)17-12-7-15-6-10(5-14)16-12/h2-4,6-7H,5,14H2,1H3. The number of halogens is 1. The fourth-order valence-electron chi connectivity index (χ4n) is 1.33. The number of benzene rings is 1. The van der Waals surface area contributed by atoms with Gasteiger partial charge in [-0.15, -0.1) is 0 Å². The summed E-state index contributed by atoms with van der Waals surface area (Å²) < 4.78 is 6.63. The first-order valence-corrected chi connectivity index (χ1v) is 5.93. The van der Waals surface area contributed by atoms with Gasteiger partial charge >= 0.3 is 0 Å². The molecule has 0 atom stereocenters. The molecule has 2 aromatic rings. The Morgan fingerprint density at radius 2 is 2.18 bits per heavy atom. The lowest BCUT2D eigenvalue weighted by atomic mass is 10.2. The van der Waals surface area contributed by atoms with Gasteiger partial charge in [-0.05, 0) is 24.6 Å². The predicted octanol–water partition coefficient (Wildman–Crippen LogP) is 2.80. The van der Waals surface area contributed by atoms with Crippen LogP contribution in [0, 0.1) is 6.92 Å². The average Bonchev–Trinajstić information content (AvgIpc) is 2.34. The van der Waals surface area contributed by atoms with Crippen molar-refractivity contribution in [3.8, 4) is 11.6 Å². The van der Waals surface area contributed by atoms with E-state index in [1.807, 2.05) is 25.1 Å². The lowest BCUT2D eigenvalue weighted by Gasteiger charge is -2.08. The molecule has 0 fully saturated rings. The van der Waals surface area contributed by atoms with E-state index in [0.29, 0.717) is 18.1 Å². The predicted molar refractivity (Wildman–Crippen MR) is 68.9 cm³/mol. The average molecular weight is 294 g/mol. The quantitative estimate of drug-likeness (QED) is 0.945. The molecule has 0 aliphatic heterocycles. The summed E-state index contributed by atoms with van der Waals surface area (Å²) in [5.74, 6) is 1.21. The number of rotatable bonds is 3. The van der Waals surface area contributed by atoms with E-state index in [9.17, 15) is 0 Å². The van der Waals surface area contributed by atoms with Crippen LogP contribution >= 0.6 is 15.9 Å². The number of hydrogen-bond donors (Lipinski definition) is 1. The van der Waals surface area contributed by atoms with E-state index in [0.717, 1.165) is 15.8 Å². The molecular formula is C12H12BrN3O. The van der Waals surface area contributed by atoms with Crippen molar-refractivity contribution < 1.29 is 4.74 Å². The van der Waals surface area contributed by atoms with E-state index >= 15 is 0 Å². The number of aryl methyl sites for hydroxylation is 1. The fourth-order valence-corrected chi connectivity index (χ4v) is 1.67. The Bertz CT molecular complexity index is 531. The minimum atomic E-state index is 0.349. The Hall–Kier alpha value is -1.46. The lowest BCUT2D eigenvalue weighted by molar-refractivity contribution is 0.454. The molecule has 5 heteroatoms. The molecule has 0 saturated heterocycles. The van der Waals surface area contributed by atoms with E-state index in [2.05, 4.69) is 25.9 Å². The Kier molecular flexibility index (Phi) is 3.71. The van der Waals surface area contributed by atoms with E-state index < -0.39 is 0 Å². The molecule has 0 unspecified atom stereocenters. The molecular weight excluding hydrogens is 282 g/mol. The summed E-state index contributed by atoms with van der Waals surface area (Å²) in [7, 11) is 0. The van der Waals surface area contributed by atoms with Gasteiger partial charge in [-0.1, -0.05) is 22.0 Å². The Morgan fingerprint density at radius 3 is 2.94 bits per heavy atom. The lowest BCUT2D eigenvalue weighted by Crippen LogP contribution is -2.01. The summed E-state index contributed by atoms with van der Waals surface area (Å²) in [6, 6.07) is 5.83. The minimum Gasteiger partial charge on any atom is -0.437 e. The van der Waals surface area contributed by atoms with Gasteiger partial charge in [0.05, 0.1) is 11.9 Å². The first kappa shape index (κ1) is 12.0. The van der Waals surface area contributed by atoms with Crippen LogP contribution in [0.3, 0.4) is 0 Å². The molecule has 1 heterocycles. The van der Waals surface area contributed by atoms with Crippen LogP contribution in [-0.2, 0) is 6.54 Å². The van der Waals surface area contributed by atoms with E-state index in [4.69, 9.17) is 10.5 Å². The van der Waals surface area contributed by atoms with Gasteiger partial charge in [0.1, 0.15) is 5.75 Å². The summed E-state index contributed by atoms with van der Waals surface area (Å²) in [6.07, 6.45) is 3.19. The molecule has 0 bridgehead atoms. The fraction of sp³-hybridized carbons (Fsp3) is 0.167. The monoisotopic (exact) mass is 293 g/mol. The molecule has 1 aromatic heterocycles. The molecule has 0 aliphatic rings. The van der Waals surface area contributed by atoms with Crippen molar-refractivity contribution in [2.24, 2.45) is 5.73 Å². The highest BCUT2D eigenvalue weighted by atomic mass is 79.9. The number of aromatic nitrogens is 2. The molecule has 2 rings (SSSR count). The van der Waals surface area contributed by atoms with Crippen LogP contribution in [0.25, 0.3) is 0 Å². The third-order valence-corrected chi connectivity index (χ3v) is 2.73. The second-order valence-electron chi connectivity index (χ2n) is 3.56. The van der Waals surface area contributed by atoms with Crippen molar-refractivity contribution in [2.45, 2.75) is 13.5 Å². The van der Waals surface area contributed by atoms with Crippen molar-refractivity contribution in [1.29, 1.82) is 0 Å². The second kappa shape index (κ2) is 5.25. The maximum atomic E-state index is 5.67. The van der Waals surface area contributed by atoms with E-state index in [-0.39, 0.29) is 0 Å². The van der Waals surface area contributed by atoms with Crippen LogP contribution < -0.4 is 10.5 Å². The topological polar surface area (TPSA) is 61.0 Å². The van der Waals surface area contributed by atoms with E-state index in [1.165, 1.54) is 0 Å². The molecule has 17 heavy (non-hydrogen) atoms. The zero-order valence-corrected chi connectivity index (χ0v) is 10.9. The van der Waals surface area contributed by atoms with Crippen molar-refractivity contribution in [3.63, 3.8) is 0 Å². The van der Waals surface area contributed by atoms with Crippen molar-refractivity contribution >= 4 is 15.9 Å². The zero-order valence-electron chi connectivity index (χ0n) is 9.35. The van der Waals surface area contributed by atoms with Gasteiger partial charge in [0, 0.05) is 17.2 Å². The van der Waals surface area contributed by atoms with Gasteiger partial charge in [0.15, 0.2) is 0 Å². The van der Waals surface area contributed by atoms with Crippen molar-refractivity contribution in [2.75, 3.05) is 0 Å². The largest absolute Gasteiger partial charge is 0.437 e. The molecule has 88 valence electrons. The number of ether oxygens (including phenoxy) is 1. The van der Waals surface area contributed by atoms with Crippen LogP contribution in [0.4, 0.5) is 0 Å². The first-order chi connectivity index (χ1) is 8.19. The van der Waals surface area contributed by atoms with Gasteiger partial charge in [-0.25, -0.2) is 4.98 Å². The van der Waals surface area contributed by atoms with Gasteiger partial charge in [-0.2, -0.15) is 0 Å². The number of nitrogens with zero attached hydrogens (tertiary/aromatic N) is 2. The summed E-state index contributed by atoms with van der Waals surface area (Å²) in [4.78, 5) is 8.26. The molecule has 0 saturated carbocycles. The SMILES string of the molecule is Cc1ccc(Br)cc1Oc1cncc(CN)n1. The van der Waals surface area contributed by atoms with Crippen LogP contribution in [0.2, 0.25) is 0 Å². The molecule has 0 radical (unpaired) electrons. The smallest absolute Gasteiger partial charge is 0.238 e. The van der Waals surface area contributed by atoms with Gasteiger partial charge in [0.2, 0.25) is 5.88 Å². The minimum absolute atomic E-state index is 0.349. The molecule has 0 aliphatic carbocycles. The molecule has 4 nitrogen and oxygen atoms in total. The highest BCUT2D eigenvalue weighted by Crippen LogP contribution is 2.26. The third kappa shape index (κ3) is 3.01. The Labute approximate surface area is 108 Å². The molecule has 0 amide bonds. The molecule has 1 aromatic carbocycles. The highest BCUT2D eigenvalue weighted by Gasteiger charge is 2.04. The van der Waals surface area contributed by atoms with Crippen LogP contribution in [0.1, 0.15) is 11.3 Å². The van der Waals surface area contributed by atoms with Crippen molar-refractivity contribution in [1.82, 2.24) is 9.97 Å². The van der Waals surface area contributed by atoms with Crippen LogP contribution in [0.15, 0.2) is 35.1 Å². The second-order valence-corrected chi connectivity index (χ2v) is 4.48. The van der Waals surface area contributed by atoms with Crippen LogP contribution in [-0.4, -0.2) is 9.97 Å². The normalized spacial score (nSPS) is 10.3. The molecule has 0 spiro atoms. The van der Waals surface area contributed by atoms with E-state index in [1.54, 1.807) is 12.4 Å². The Balaban J connectivity index is 2.27. The number of hydrogen-bond acceptors (Lipinski definition) is 4. The van der Waals surface area contributed by atoms with Gasteiger partial charge < -0.3 is 10.5 Å². The van der Waals surface area contributed by atoms with Crippen molar-refractivity contribution in [3.05, 3.63) is 46.3 Å². The van der Waals surface area contributed by atoms with Gasteiger partial charge in [-0.3, -0.25) is 4.98 Å². The van der Waals surface area contributed by atoms with Crippen LogP contribution in [0.5, 0.6) is 11.6 Å². The first-order valence-electron chi connectivity index (χ1n) is 5.14. The maximum Gasteiger partial charge on any atom is 0.238 e. The summed E-state index contributed by atoms with van der Waals surface area (Å²) in [5.41, 5.74) is 7.24. The summed E-state index contributed by atoms with van der Waals surface area (Å²) >= 11 is 3.40. The highest BCUT2D eigenvalue weighted by molar-refractivity contribution is 9.10. The third-order valence-electron chi connectivity index (χ3n) is 2.24. The zero-order chi connectivity index (χ0) is 12.3. The maximum absolute atomic E-state index is 5.67. The number of nitrogens with two attached hydrogens (primary N) is 1. The summed E-state index contributed by atoms with van der Waals surface area (Å²) in [6.45, 7) is 2.32.